The van der Waals surface area contributed by atoms with Crippen LogP contribution in [0.1, 0.15) is 36.5 Å². The number of aryl methyl sites for hydroxylation is 2. The van der Waals surface area contributed by atoms with Crippen LogP contribution < -0.4 is 10.6 Å². The second kappa shape index (κ2) is 7.22. The van der Waals surface area contributed by atoms with Crippen molar-refractivity contribution >= 4 is 6.03 Å². The Balaban J connectivity index is 1.86. The topological polar surface area (TPSA) is 66.9 Å². The minimum Gasteiger partial charge on any atom is -0.337 e. The predicted octanol–water partition coefficient (Wildman–Crippen LogP) is 2.87. The molecule has 2 amide bonds. The number of benzene rings is 1. The molecule has 5 heteroatoms. The Kier molecular flexibility index (Phi) is 5.32. The first-order valence-corrected chi connectivity index (χ1v) is 7.74. The first-order valence-electron chi connectivity index (χ1n) is 7.74. The van der Waals surface area contributed by atoms with E-state index in [4.69, 9.17) is 0 Å². The zero-order valence-corrected chi connectivity index (χ0v) is 14.2. The maximum absolute atomic E-state index is 12.0. The van der Waals surface area contributed by atoms with Crippen LogP contribution in [0.25, 0.3) is 0 Å². The third-order valence-electron chi connectivity index (χ3n) is 3.75. The molecule has 5 nitrogen and oxygen atoms in total. The normalized spacial score (nSPS) is 11.1. The molecule has 0 spiro atoms. The lowest BCUT2D eigenvalue weighted by molar-refractivity contribution is 0.238. The molecule has 0 radical (unpaired) electrons. The summed E-state index contributed by atoms with van der Waals surface area (Å²) < 4.78 is 0. The van der Waals surface area contributed by atoms with Crippen LogP contribution in [-0.4, -0.2) is 22.5 Å². The fourth-order valence-corrected chi connectivity index (χ4v) is 2.31. The van der Waals surface area contributed by atoms with Gasteiger partial charge in [0, 0.05) is 18.2 Å². The van der Waals surface area contributed by atoms with Crippen molar-refractivity contribution in [2.75, 3.05) is 6.54 Å². The minimum absolute atomic E-state index is 0.130. The summed E-state index contributed by atoms with van der Waals surface area (Å²) in [6.07, 6.45) is 1.69. The van der Waals surface area contributed by atoms with E-state index >= 15 is 0 Å². The summed E-state index contributed by atoms with van der Waals surface area (Å²) in [6, 6.07) is 9.97. The number of rotatable bonds is 5. The van der Waals surface area contributed by atoms with Crippen molar-refractivity contribution in [3.05, 3.63) is 59.2 Å². The molecule has 2 aromatic rings. The van der Waals surface area contributed by atoms with Crippen molar-refractivity contribution in [3.8, 4) is 0 Å². The standard InChI is InChI=1S/C18H24N4O/c1-13-6-5-7-15(10-13)18(3,4)12-21-17(23)20-11-16-8-9-19-14(2)22-16/h5-10H,11-12H2,1-4H3,(H2,20,21,23). The first kappa shape index (κ1) is 16.9. The van der Waals surface area contributed by atoms with Crippen molar-refractivity contribution in [2.24, 2.45) is 0 Å². The number of aromatic nitrogens is 2. The molecule has 122 valence electrons. The maximum atomic E-state index is 12.0. The Hall–Kier alpha value is -2.43. The van der Waals surface area contributed by atoms with Crippen molar-refractivity contribution in [2.45, 2.75) is 39.7 Å². The van der Waals surface area contributed by atoms with Crippen molar-refractivity contribution in [3.63, 3.8) is 0 Å². The number of carbonyl (C=O) groups excluding carboxylic acids is 1. The van der Waals surface area contributed by atoms with E-state index in [1.807, 2.05) is 13.0 Å². The molecule has 23 heavy (non-hydrogen) atoms. The average Bonchev–Trinajstić information content (AvgIpc) is 2.51. The molecule has 0 bridgehead atoms. The van der Waals surface area contributed by atoms with E-state index in [0.717, 1.165) is 5.69 Å². The lowest BCUT2D eigenvalue weighted by Gasteiger charge is -2.26. The molecule has 0 unspecified atom stereocenters. The zero-order valence-electron chi connectivity index (χ0n) is 14.2. The third kappa shape index (κ3) is 5.06. The summed E-state index contributed by atoms with van der Waals surface area (Å²) in [4.78, 5) is 20.3. The number of nitrogens with one attached hydrogen (secondary N) is 2. The fourth-order valence-electron chi connectivity index (χ4n) is 2.31. The van der Waals surface area contributed by atoms with E-state index in [1.165, 1.54) is 11.1 Å². The molecule has 1 aromatic heterocycles. The van der Waals surface area contributed by atoms with Gasteiger partial charge in [-0.25, -0.2) is 14.8 Å². The van der Waals surface area contributed by atoms with E-state index in [2.05, 4.69) is 59.6 Å². The van der Waals surface area contributed by atoms with Crippen LogP contribution in [0.2, 0.25) is 0 Å². The Morgan fingerprint density at radius 1 is 1.17 bits per heavy atom. The fraction of sp³-hybridized carbons (Fsp3) is 0.389. The largest absolute Gasteiger partial charge is 0.337 e. The van der Waals surface area contributed by atoms with Gasteiger partial charge in [-0.3, -0.25) is 0 Å². The Morgan fingerprint density at radius 3 is 2.65 bits per heavy atom. The molecule has 0 saturated heterocycles. The number of hydrogen-bond acceptors (Lipinski definition) is 3. The number of amides is 2. The summed E-state index contributed by atoms with van der Waals surface area (Å²) in [5.41, 5.74) is 3.10. The van der Waals surface area contributed by atoms with Crippen molar-refractivity contribution in [1.82, 2.24) is 20.6 Å². The second-order valence-corrected chi connectivity index (χ2v) is 6.38. The SMILES string of the molecule is Cc1cccc(C(C)(C)CNC(=O)NCc2ccnc(C)n2)c1. The number of hydrogen-bond donors (Lipinski definition) is 2. The summed E-state index contributed by atoms with van der Waals surface area (Å²) in [5.74, 6) is 0.699. The van der Waals surface area contributed by atoms with Gasteiger partial charge in [0.2, 0.25) is 0 Å². The maximum Gasteiger partial charge on any atom is 0.315 e. The summed E-state index contributed by atoms with van der Waals surface area (Å²) >= 11 is 0. The van der Waals surface area contributed by atoms with Gasteiger partial charge in [0.05, 0.1) is 12.2 Å². The van der Waals surface area contributed by atoms with Gasteiger partial charge < -0.3 is 10.6 Å². The molecule has 2 N–H and O–H groups in total. The van der Waals surface area contributed by atoms with Crippen LogP contribution in [0.3, 0.4) is 0 Å². The van der Waals surface area contributed by atoms with Gasteiger partial charge in [-0.2, -0.15) is 0 Å². The average molecular weight is 312 g/mol. The molecule has 0 aliphatic carbocycles. The molecular formula is C18H24N4O. The van der Waals surface area contributed by atoms with Crippen LogP contribution >= 0.6 is 0 Å². The van der Waals surface area contributed by atoms with Gasteiger partial charge in [-0.15, -0.1) is 0 Å². The number of urea groups is 1. The van der Waals surface area contributed by atoms with Gasteiger partial charge in [-0.1, -0.05) is 43.7 Å². The highest BCUT2D eigenvalue weighted by Gasteiger charge is 2.21. The Labute approximate surface area is 137 Å². The number of carbonyl (C=O) groups is 1. The van der Waals surface area contributed by atoms with Crippen LogP contribution in [0, 0.1) is 13.8 Å². The zero-order chi connectivity index (χ0) is 16.9. The quantitative estimate of drug-likeness (QED) is 0.892. The highest BCUT2D eigenvalue weighted by atomic mass is 16.2. The molecule has 1 heterocycles. The lowest BCUT2D eigenvalue weighted by atomic mass is 9.84. The molecular weight excluding hydrogens is 288 g/mol. The van der Waals surface area contributed by atoms with Gasteiger partial charge in [0.25, 0.3) is 0 Å². The summed E-state index contributed by atoms with van der Waals surface area (Å²) in [7, 11) is 0. The molecule has 0 saturated carbocycles. The smallest absolute Gasteiger partial charge is 0.315 e. The van der Waals surface area contributed by atoms with E-state index in [9.17, 15) is 4.79 Å². The Bertz CT molecular complexity index is 682. The second-order valence-electron chi connectivity index (χ2n) is 6.38. The monoisotopic (exact) mass is 312 g/mol. The van der Waals surface area contributed by atoms with Crippen LogP contribution in [0.15, 0.2) is 36.5 Å². The molecule has 0 fully saturated rings. The highest BCUT2D eigenvalue weighted by molar-refractivity contribution is 5.73. The lowest BCUT2D eigenvalue weighted by Crippen LogP contribution is -2.42. The van der Waals surface area contributed by atoms with Crippen LogP contribution in [-0.2, 0) is 12.0 Å². The number of nitrogens with zero attached hydrogens (tertiary/aromatic N) is 2. The highest BCUT2D eigenvalue weighted by Crippen LogP contribution is 2.22. The first-order chi connectivity index (χ1) is 10.9. The Morgan fingerprint density at radius 2 is 1.96 bits per heavy atom. The van der Waals surface area contributed by atoms with Gasteiger partial charge in [0.15, 0.2) is 0 Å². The molecule has 1 aromatic carbocycles. The predicted molar refractivity (Wildman–Crippen MR) is 91.2 cm³/mol. The molecule has 0 aliphatic heterocycles. The summed E-state index contributed by atoms with van der Waals surface area (Å²) in [6.45, 7) is 9.09. The van der Waals surface area contributed by atoms with E-state index < -0.39 is 0 Å². The third-order valence-corrected chi connectivity index (χ3v) is 3.75. The minimum atomic E-state index is -0.193. The van der Waals surface area contributed by atoms with Gasteiger partial charge in [0.1, 0.15) is 5.82 Å². The van der Waals surface area contributed by atoms with Crippen molar-refractivity contribution < 1.29 is 4.79 Å². The van der Waals surface area contributed by atoms with E-state index in [0.29, 0.717) is 18.9 Å². The van der Waals surface area contributed by atoms with E-state index in [1.54, 1.807) is 12.3 Å². The van der Waals surface area contributed by atoms with Gasteiger partial charge >= 0.3 is 6.03 Å². The van der Waals surface area contributed by atoms with Crippen LogP contribution in [0.5, 0.6) is 0 Å². The van der Waals surface area contributed by atoms with Crippen LogP contribution in [0.4, 0.5) is 4.79 Å². The molecule has 2 rings (SSSR count). The summed E-state index contributed by atoms with van der Waals surface area (Å²) in [5, 5.41) is 5.75. The molecule has 0 aliphatic rings. The van der Waals surface area contributed by atoms with E-state index in [-0.39, 0.29) is 11.4 Å². The molecule has 0 atom stereocenters. The van der Waals surface area contributed by atoms with Gasteiger partial charge in [-0.05, 0) is 25.5 Å². The van der Waals surface area contributed by atoms with Crippen molar-refractivity contribution in [1.29, 1.82) is 0 Å².